The van der Waals surface area contributed by atoms with Gasteiger partial charge >= 0.3 is 0 Å². The highest BCUT2D eigenvalue weighted by Crippen LogP contribution is 2.65. The van der Waals surface area contributed by atoms with Gasteiger partial charge in [-0.05, 0) is 68.2 Å². The number of phenols is 1. The van der Waals surface area contributed by atoms with Crippen LogP contribution < -0.4 is 10.1 Å². The molecule has 1 aromatic heterocycles. The van der Waals surface area contributed by atoms with Crippen molar-refractivity contribution in [3.63, 3.8) is 0 Å². The van der Waals surface area contributed by atoms with Crippen LogP contribution >= 0.6 is 0 Å². The van der Waals surface area contributed by atoms with Crippen LogP contribution in [-0.4, -0.2) is 62.4 Å². The molecule has 1 spiro atoms. The number of hydrogen-bond donors (Lipinski definition) is 3. The molecule has 5 aliphatic rings. The van der Waals surface area contributed by atoms with Gasteiger partial charge in [-0.1, -0.05) is 5.21 Å². The number of rotatable bonds is 6. The Balaban J connectivity index is 1.37. The van der Waals surface area contributed by atoms with Crippen molar-refractivity contribution in [3.8, 4) is 11.5 Å². The smallest absolute Gasteiger partial charge is 0.176 e. The van der Waals surface area contributed by atoms with Gasteiger partial charge in [-0.3, -0.25) is 4.79 Å². The number of nitrogens with zero attached hydrogens (tertiary/aromatic N) is 3. The molecule has 9 nitrogen and oxygen atoms in total. The highest BCUT2D eigenvalue weighted by molar-refractivity contribution is 5.90. The van der Waals surface area contributed by atoms with E-state index in [0.29, 0.717) is 43.4 Å². The molecule has 32 heavy (non-hydrogen) atoms. The number of aromatic amines is 1. The Morgan fingerprint density at radius 1 is 1.31 bits per heavy atom. The summed E-state index contributed by atoms with van der Waals surface area (Å²) in [6.45, 7) is 1.25. The Bertz CT molecular complexity index is 1100. The van der Waals surface area contributed by atoms with Crippen LogP contribution in [0.15, 0.2) is 6.07 Å². The molecule has 4 atom stereocenters. The predicted molar refractivity (Wildman–Crippen MR) is 112 cm³/mol. The van der Waals surface area contributed by atoms with Crippen molar-refractivity contribution >= 4 is 5.78 Å². The molecule has 0 radical (unpaired) electrons. The number of nitrogens with one attached hydrogen (secondary N) is 2. The number of ketones is 1. The SMILES string of the molecule is O=C1CCC2(OCCc3nn[nH]n3)[C@H]3Cc4c(CC5CC5)cc(O)c5c4[C@@]2(CCN3)[C@H]1O5. The number of piperidine rings is 1. The predicted octanol–water partition coefficient (Wildman–Crippen LogP) is 1.14. The molecule has 2 aliphatic heterocycles. The molecule has 2 saturated carbocycles. The molecule has 1 saturated heterocycles. The zero-order valence-electron chi connectivity index (χ0n) is 17.9. The number of ether oxygens (including phenoxy) is 2. The van der Waals surface area contributed by atoms with Gasteiger partial charge < -0.3 is 19.9 Å². The number of carbonyl (C=O) groups excluding carboxylic acids is 1. The summed E-state index contributed by atoms with van der Waals surface area (Å²) in [5.41, 5.74) is 2.44. The second-order valence-corrected chi connectivity index (χ2v) is 10.1. The number of aromatic hydroxyl groups is 1. The fourth-order valence-corrected chi connectivity index (χ4v) is 7.09. The van der Waals surface area contributed by atoms with E-state index in [0.717, 1.165) is 31.4 Å². The van der Waals surface area contributed by atoms with Gasteiger partial charge in [0.05, 0.1) is 17.6 Å². The normalized spacial score (nSPS) is 34.3. The summed E-state index contributed by atoms with van der Waals surface area (Å²) in [4.78, 5) is 13.2. The lowest BCUT2D eigenvalue weighted by atomic mass is 9.49. The average molecular weight is 438 g/mol. The zero-order chi connectivity index (χ0) is 21.5. The van der Waals surface area contributed by atoms with Crippen LogP contribution in [0.5, 0.6) is 11.5 Å². The number of Topliss-reactive ketones (excluding diaryl/α,β-unsaturated/α-hetero) is 1. The fourth-order valence-electron chi connectivity index (χ4n) is 7.09. The molecule has 1 aromatic carbocycles. The zero-order valence-corrected chi connectivity index (χ0v) is 17.9. The molecule has 1 unspecified atom stereocenters. The summed E-state index contributed by atoms with van der Waals surface area (Å²) in [6, 6.07) is 1.99. The van der Waals surface area contributed by atoms with Crippen LogP contribution in [0.4, 0.5) is 0 Å². The molecule has 168 valence electrons. The Morgan fingerprint density at radius 2 is 2.22 bits per heavy atom. The minimum atomic E-state index is -0.595. The molecule has 3 heterocycles. The van der Waals surface area contributed by atoms with E-state index < -0.39 is 17.1 Å². The number of aromatic nitrogens is 4. The van der Waals surface area contributed by atoms with Crippen molar-refractivity contribution in [2.45, 2.75) is 74.5 Å². The van der Waals surface area contributed by atoms with Crippen LogP contribution in [0.2, 0.25) is 0 Å². The molecular weight excluding hydrogens is 410 g/mol. The van der Waals surface area contributed by atoms with Crippen LogP contribution in [0, 0.1) is 5.92 Å². The van der Waals surface area contributed by atoms with Crippen molar-refractivity contribution in [1.82, 2.24) is 25.9 Å². The van der Waals surface area contributed by atoms with Crippen molar-refractivity contribution < 1.29 is 19.4 Å². The van der Waals surface area contributed by atoms with Gasteiger partial charge in [-0.15, -0.1) is 10.2 Å². The summed E-state index contributed by atoms with van der Waals surface area (Å²) in [5, 5.41) is 28.9. The molecule has 3 aliphatic carbocycles. The Kier molecular flexibility index (Phi) is 3.86. The largest absolute Gasteiger partial charge is 0.504 e. The van der Waals surface area contributed by atoms with E-state index in [1.54, 1.807) is 0 Å². The van der Waals surface area contributed by atoms with Gasteiger partial charge in [0.1, 0.15) is 0 Å². The Morgan fingerprint density at radius 3 is 3.03 bits per heavy atom. The first-order chi connectivity index (χ1) is 15.6. The quantitative estimate of drug-likeness (QED) is 0.615. The van der Waals surface area contributed by atoms with E-state index in [1.807, 2.05) is 6.07 Å². The van der Waals surface area contributed by atoms with Crippen molar-refractivity contribution in [1.29, 1.82) is 0 Å². The van der Waals surface area contributed by atoms with Crippen LogP contribution in [0.25, 0.3) is 0 Å². The fraction of sp³-hybridized carbons (Fsp3) is 0.652. The molecular formula is C23H27N5O4. The molecule has 9 heteroatoms. The second-order valence-electron chi connectivity index (χ2n) is 10.1. The third kappa shape index (κ3) is 2.35. The maximum atomic E-state index is 13.2. The van der Waals surface area contributed by atoms with Gasteiger partial charge in [0.15, 0.2) is 29.2 Å². The first-order valence-corrected chi connectivity index (χ1v) is 11.8. The first kappa shape index (κ1) is 19.0. The van der Waals surface area contributed by atoms with E-state index in [-0.39, 0.29) is 17.6 Å². The standard InChI is InChI=1S/C23H27N5O4/c29-15-3-5-23(31-8-4-18-25-27-28-26-18)17-11-14-13(9-12-1-2-12)10-16(30)20-19(14)22(23,6-7-24-17)21(15)32-20/h10,12,17,21,24,30H,1-9,11H2,(H,25,26,27,28)/t17-,21+,22+,23?/m1/s1. The van der Waals surface area contributed by atoms with Crippen LogP contribution in [0.3, 0.4) is 0 Å². The van der Waals surface area contributed by atoms with Gasteiger partial charge in [-0.2, -0.15) is 5.21 Å². The number of carbonyl (C=O) groups is 1. The summed E-state index contributed by atoms with van der Waals surface area (Å²) in [5.74, 6) is 2.14. The Labute approximate surface area is 185 Å². The highest BCUT2D eigenvalue weighted by atomic mass is 16.5. The number of H-pyrrole nitrogens is 1. The van der Waals surface area contributed by atoms with Crippen LogP contribution in [0.1, 0.15) is 54.6 Å². The molecule has 3 fully saturated rings. The van der Waals surface area contributed by atoms with E-state index in [9.17, 15) is 9.90 Å². The van der Waals surface area contributed by atoms with Gasteiger partial charge in [-0.25, -0.2) is 0 Å². The lowest BCUT2D eigenvalue weighted by Gasteiger charge is -2.62. The Hall–Kier alpha value is -2.52. The summed E-state index contributed by atoms with van der Waals surface area (Å²) < 4.78 is 13.1. The van der Waals surface area contributed by atoms with Crippen molar-refractivity contribution in [3.05, 3.63) is 28.6 Å². The van der Waals surface area contributed by atoms with Crippen LogP contribution in [-0.2, 0) is 34.2 Å². The third-order valence-electron chi connectivity index (χ3n) is 8.54. The minimum absolute atomic E-state index is 0.0988. The summed E-state index contributed by atoms with van der Waals surface area (Å²) in [7, 11) is 0. The van der Waals surface area contributed by atoms with Gasteiger partial charge in [0, 0.05) is 24.4 Å². The molecule has 0 amide bonds. The highest BCUT2D eigenvalue weighted by Gasteiger charge is 2.73. The maximum Gasteiger partial charge on any atom is 0.176 e. The number of tetrazole rings is 1. The average Bonchev–Trinajstić information content (AvgIpc) is 3.29. The minimum Gasteiger partial charge on any atom is -0.504 e. The third-order valence-corrected chi connectivity index (χ3v) is 8.54. The van der Waals surface area contributed by atoms with E-state index in [4.69, 9.17) is 9.47 Å². The summed E-state index contributed by atoms with van der Waals surface area (Å²) in [6.07, 6.45) is 6.12. The second kappa shape index (κ2) is 6.51. The molecule has 3 N–H and O–H groups in total. The topological polar surface area (TPSA) is 122 Å². The first-order valence-electron chi connectivity index (χ1n) is 11.8. The number of hydrogen-bond acceptors (Lipinski definition) is 8. The molecule has 7 rings (SSSR count). The monoisotopic (exact) mass is 437 g/mol. The van der Waals surface area contributed by atoms with E-state index in [1.165, 1.54) is 24.0 Å². The van der Waals surface area contributed by atoms with E-state index in [2.05, 4.69) is 25.9 Å². The lowest BCUT2D eigenvalue weighted by Crippen LogP contribution is -2.77. The number of benzene rings is 1. The lowest BCUT2D eigenvalue weighted by molar-refractivity contribution is -0.188. The summed E-state index contributed by atoms with van der Waals surface area (Å²) >= 11 is 0. The molecule has 2 bridgehead atoms. The van der Waals surface area contributed by atoms with Gasteiger partial charge in [0.2, 0.25) is 0 Å². The van der Waals surface area contributed by atoms with Crippen molar-refractivity contribution in [2.24, 2.45) is 5.92 Å². The van der Waals surface area contributed by atoms with Crippen molar-refractivity contribution in [2.75, 3.05) is 13.2 Å². The number of phenolic OH excluding ortho intramolecular Hbond substituents is 1. The van der Waals surface area contributed by atoms with Gasteiger partial charge in [0.25, 0.3) is 0 Å². The molecule has 2 aromatic rings. The van der Waals surface area contributed by atoms with E-state index >= 15 is 0 Å². The maximum absolute atomic E-state index is 13.2.